The number of aromatic nitrogens is 1. The zero-order chi connectivity index (χ0) is 14.5. The molecule has 1 aromatic rings. The number of halogens is 1. The number of pyridine rings is 1. The van der Waals surface area contributed by atoms with Gasteiger partial charge in [-0.3, -0.25) is 0 Å². The zero-order valence-electron chi connectivity index (χ0n) is 12.8. The third-order valence-electron chi connectivity index (χ3n) is 3.88. The van der Waals surface area contributed by atoms with Crippen LogP contribution in [-0.2, 0) is 6.54 Å². The number of nitrogens with zero attached hydrogens (tertiary/aromatic N) is 2. The van der Waals surface area contributed by atoms with Gasteiger partial charge in [0.05, 0.1) is 0 Å². The molecule has 4 heteroatoms. The van der Waals surface area contributed by atoms with E-state index in [0.717, 1.165) is 17.6 Å². The molecule has 1 fully saturated rings. The lowest BCUT2D eigenvalue weighted by atomic mass is 10.1. The van der Waals surface area contributed by atoms with Crippen molar-refractivity contribution in [3.05, 3.63) is 22.3 Å². The third-order valence-corrected chi connectivity index (χ3v) is 4.31. The highest BCUT2D eigenvalue weighted by atomic mass is 79.9. The molecule has 1 aliphatic rings. The van der Waals surface area contributed by atoms with E-state index < -0.39 is 0 Å². The Hall–Kier alpha value is -0.610. The fourth-order valence-corrected chi connectivity index (χ4v) is 3.45. The molecule has 0 aliphatic heterocycles. The third kappa shape index (κ3) is 3.95. The Labute approximate surface area is 131 Å². The van der Waals surface area contributed by atoms with E-state index in [1.807, 2.05) is 13.2 Å². The van der Waals surface area contributed by atoms with E-state index in [1.165, 1.54) is 37.1 Å². The summed E-state index contributed by atoms with van der Waals surface area (Å²) in [4.78, 5) is 7.29. The molecule has 1 aromatic heterocycles. The summed E-state index contributed by atoms with van der Waals surface area (Å²) in [6.45, 7) is 6.54. The van der Waals surface area contributed by atoms with Crippen molar-refractivity contribution >= 4 is 21.7 Å². The average molecular weight is 340 g/mol. The maximum absolute atomic E-state index is 4.73. The molecule has 0 bridgehead atoms. The first kappa shape index (κ1) is 15.8. The number of nitrogens with one attached hydrogen (secondary N) is 1. The molecule has 2 rings (SSSR count). The van der Waals surface area contributed by atoms with E-state index in [1.54, 1.807) is 0 Å². The van der Waals surface area contributed by atoms with Gasteiger partial charge in [0.25, 0.3) is 0 Å². The maximum Gasteiger partial charge on any atom is 0.133 e. The van der Waals surface area contributed by atoms with E-state index in [4.69, 9.17) is 4.98 Å². The van der Waals surface area contributed by atoms with Crippen molar-refractivity contribution in [2.24, 2.45) is 5.92 Å². The zero-order valence-corrected chi connectivity index (χ0v) is 14.4. The SMILES string of the molecule is CNCc1cc(Br)cnc1N(CC(C)C)C1CCCC1. The van der Waals surface area contributed by atoms with E-state index >= 15 is 0 Å². The van der Waals surface area contributed by atoms with Gasteiger partial charge >= 0.3 is 0 Å². The smallest absolute Gasteiger partial charge is 0.133 e. The molecule has 1 aliphatic carbocycles. The normalized spacial score (nSPS) is 16.1. The van der Waals surface area contributed by atoms with Crippen molar-refractivity contribution in [1.29, 1.82) is 0 Å². The highest BCUT2D eigenvalue weighted by Crippen LogP contribution is 2.31. The molecular weight excluding hydrogens is 314 g/mol. The van der Waals surface area contributed by atoms with E-state index in [9.17, 15) is 0 Å². The molecule has 1 N–H and O–H groups in total. The van der Waals surface area contributed by atoms with Crippen LogP contribution in [0.4, 0.5) is 5.82 Å². The molecule has 0 unspecified atom stereocenters. The predicted molar refractivity (Wildman–Crippen MR) is 89.1 cm³/mol. The van der Waals surface area contributed by atoms with Crippen LogP contribution >= 0.6 is 15.9 Å². The molecule has 112 valence electrons. The molecule has 1 saturated carbocycles. The Balaban J connectivity index is 2.31. The fourth-order valence-electron chi connectivity index (χ4n) is 3.07. The van der Waals surface area contributed by atoms with Crippen LogP contribution in [0, 0.1) is 5.92 Å². The quantitative estimate of drug-likeness (QED) is 0.849. The average Bonchev–Trinajstić information content (AvgIpc) is 2.90. The number of rotatable bonds is 6. The van der Waals surface area contributed by atoms with Gasteiger partial charge in [0.15, 0.2) is 0 Å². The Kier molecular flexibility index (Phi) is 5.85. The summed E-state index contributed by atoms with van der Waals surface area (Å²) in [5, 5.41) is 3.26. The topological polar surface area (TPSA) is 28.2 Å². The van der Waals surface area contributed by atoms with Gasteiger partial charge in [-0.25, -0.2) is 4.98 Å². The first-order chi connectivity index (χ1) is 9.61. The molecule has 0 amide bonds. The molecule has 0 saturated heterocycles. The van der Waals surface area contributed by atoms with Crippen LogP contribution in [-0.4, -0.2) is 24.6 Å². The summed E-state index contributed by atoms with van der Waals surface area (Å²) in [7, 11) is 1.99. The van der Waals surface area contributed by atoms with Gasteiger partial charge in [-0.15, -0.1) is 0 Å². The molecule has 1 heterocycles. The Morgan fingerprint density at radius 2 is 2.10 bits per heavy atom. The molecular formula is C16H26BrN3. The van der Waals surface area contributed by atoms with E-state index in [2.05, 4.69) is 46.1 Å². The number of hydrogen-bond acceptors (Lipinski definition) is 3. The van der Waals surface area contributed by atoms with Crippen LogP contribution in [0.2, 0.25) is 0 Å². The largest absolute Gasteiger partial charge is 0.353 e. The van der Waals surface area contributed by atoms with Crippen molar-refractivity contribution in [3.8, 4) is 0 Å². The van der Waals surface area contributed by atoms with Gasteiger partial charge in [-0.05, 0) is 47.8 Å². The lowest BCUT2D eigenvalue weighted by Crippen LogP contribution is -2.38. The van der Waals surface area contributed by atoms with Gasteiger partial charge < -0.3 is 10.2 Å². The maximum atomic E-state index is 4.73. The van der Waals surface area contributed by atoms with Crippen molar-refractivity contribution in [2.75, 3.05) is 18.5 Å². The first-order valence-corrected chi connectivity index (χ1v) is 8.46. The van der Waals surface area contributed by atoms with Crippen molar-refractivity contribution in [3.63, 3.8) is 0 Å². The number of hydrogen-bond donors (Lipinski definition) is 1. The Bertz CT molecular complexity index is 428. The van der Waals surface area contributed by atoms with Crippen LogP contribution < -0.4 is 10.2 Å². The Morgan fingerprint density at radius 1 is 1.40 bits per heavy atom. The lowest BCUT2D eigenvalue weighted by Gasteiger charge is -2.33. The number of anilines is 1. The fraction of sp³-hybridized carbons (Fsp3) is 0.688. The minimum atomic E-state index is 0.656. The summed E-state index contributed by atoms with van der Waals surface area (Å²) >= 11 is 3.54. The molecule has 0 spiro atoms. The first-order valence-electron chi connectivity index (χ1n) is 7.67. The van der Waals surface area contributed by atoms with Gasteiger partial charge in [0.1, 0.15) is 5.82 Å². The van der Waals surface area contributed by atoms with E-state index in [0.29, 0.717) is 12.0 Å². The minimum absolute atomic E-state index is 0.656. The standard InChI is InChI=1S/C16H26BrN3/c1-12(2)11-20(15-6-4-5-7-15)16-13(9-18-3)8-14(17)10-19-16/h8,10,12,15,18H,4-7,9,11H2,1-3H3. The van der Waals surface area contributed by atoms with Gasteiger partial charge in [-0.2, -0.15) is 0 Å². The predicted octanol–water partition coefficient (Wildman–Crippen LogP) is 3.97. The summed E-state index contributed by atoms with van der Waals surface area (Å²) < 4.78 is 1.06. The lowest BCUT2D eigenvalue weighted by molar-refractivity contribution is 0.528. The molecule has 0 atom stereocenters. The van der Waals surface area contributed by atoms with Crippen LogP contribution in [0.3, 0.4) is 0 Å². The van der Waals surface area contributed by atoms with Gasteiger partial charge in [0.2, 0.25) is 0 Å². The second-order valence-electron chi connectivity index (χ2n) is 6.15. The van der Waals surface area contributed by atoms with Crippen LogP contribution in [0.25, 0.3) is 0 Å². The van der Waals surface area contributed by atoms with Crippen molar-refractivity contribution in [2.45, 2.75) is 52.1 Å². The van der Waals surface area contributed by atoms with Crippen molar-refractivity contribution in [1.82, 2.24) is 10.3 Å². The van der Waals surface area contributed by atoms with Crippen LogP contribution in [0.15, 0.2) is 16.7 Å². The second kappa shape index (κ2) is 7.41. The van der Waals surface area contributed by atoms with Gasteiger partial charge in [-0.1, -0.05) is 26.7 Å². The van der Waals surface area contributed by atoms with Gasteiger partial charge in [0, 0.05) is 35.4 Å². The van der Waals surface area contributed by atoms with Crippen molar-refractivity contribution < 1.29 is 0 Å². The summed E-state index contributed by atoms with van der Waals surface area (Å²) in [6, 6.07) is 2.86. The summed E-state index contributed by atoms with van der Waals surface area (Å²) in [5.74, 6) is 1.83. The summed E-state index contributed by atoms with van der Waals surface area (Å²) in [6.07, 6.45) is 7.26. The summed E-state index contributed by atoms with van der Waals surface area (Å²) in [5.41, 5.74) is 1.29. The highest BCUT2D eigenvalue weighted by molar-refractivity contribution is 9.10. The van der Waals surface area contributed by atoms with Crippen LogP contribution in [0.5, 0.6) is 0 Å². The monoisotopic (exact) mass is 339 g/mol. The highest BCUT2D eigenvalue weighted by Gasteiger charge is 2.25. The molecule has 0 radical (unpaired) electrons. The second-order valence-corrected chi connectivity index (χ2v) is 7.07. The van der Waals surface area contributed by atoms with E-state index in [-0.39, 0.29) is 0 Å². The molecule has 20 heavy (non-hydrogen) atoms. The van der Waals surface area contributed by atoms with Crippen LogP contribution in [0.1, 0.15) is 45.1 Å². The molecule has 0 aromatic carbocycles. The minimum Gasteiger partial charge on any atom is -0.353 e. The molecule has 3 nitrogen and oxygen atoms in total. The Morgan fingerprint density at radius 3 is 2.70 bits per heavy atom.